The zero-order valence-electron chi connectivity index (χ0n) is 14.6. The first-order valence-electron chi connectivity index (χ1n) is 9.20. The minimum Gasteiger partial charge on any atom is -0.399 e. The molecular weight excluding hydrogens is 297 g/mol. The van der Waals surface area contributed by atoms with Crippen molar-refractivity contribution in [2.24, 2.45) is 5.41 Å². The lowest BCUT2D eigenvalue weighted by Crippen LogP contribution is -2.29. The molecule has 24 heavy (non-hydrogen) atoms. The standard InChI is InChI=1S/C22H28FN/c1-2-12-22(16-17-6-8-21(24)9-7-17)13-10-18(11-14-22)19-4-3-5-20(23)15-19/h3-9,15,18H,2,10-14,16,24H2,1H3. The molecule has 0 saturated heterocycles. The molecular formula is C22H28FN. The highest BCUT2D eigenvalue weighted by atomic mass is 19.1. The van der Waals surface area contributed by atoms with Crippen molar-refractivity contribution in [1.82, 2.24) is 0 Å². The predicted octanol–water partition coefficient (Wildman–Crippen LogP) is 6.09. The molecule has 0 spiro atoms. The number of nitrogen functional groups attached to an aromatic ring is 1. The van der Waals surface area contributed by atoms with E-state index in [-0.39, 0.29) is 5.82 Å². The van der Waals surface area contributed by atoms with E-state index in [9.17, 15) is 4.39 Å². The topological polar surface area (TPSA) is 26.0 Å². The fourth-order valence-corrected chi connectivity index (χ4v) is 4.44. The highest BCUT2D eigenvalue weighted by Gasteiger charge is 2.35. The number of hydrogen-bond acceptors (Lipinski definition) is 1. The molecule has 128 valence electrons. The van der Waals surface area contributed by atoms with Crippen molar-refractivity contribution in [2.45, 2.75) is 57.8 Å². The molecule has 1 aliphatic carbocycles. The molecule has 3 rings (SSSR count). The Morgan fingerprint density at radius 2 is 1.79 bits per heavy atom. The van der Waals surface area contributed by atoms with Crippen LogP contribution in [0.4, 0.5) is 10.1 Å². The van der Waals surface area contributed by atoms with E-state index in [0.29, 0.717) is 11.3 Å². The Labute approximate surface area is 145 Å². The fraction of sp³-hybridized carbons (Fsp3) is 0.455. The minimum absolute atomic E-state index is 0.111. The van der Waals surface area contributed by atoms with E-state index < -0.39 is 0 Å². The third-order valence-electron chi connectivity index (χ3n) is 5.71. The molecule has 0 radical (unpaired) electrons. The minimum atomic E-state index is -0.111. The normalized spacial score (nSPS) is 24.0. The van der Waals surface area contributed by atoms with Gasteiger partial charge in [0, 0.05) is 5.69 Å². The van der Waals surface area contributed by atoms with Crippen LogP contribution in [-0.4, -0.2) is 0 Å². The van der Waals surface area contributed by atoms with E-state index in [0.717, 1.165) is 12.1 Å². The summed E-state index contributed by atoms with van der Waals surface area (Å²) in [7, 11) is 0. The van der Waals surface area contributed by atoms with Crippen molar-refractivity contribution < 1.29 is 4.39 Å². The van der Waals surface area contributed by atoms with Gasteiger partial charge in [-0.05, 0) is 85.3 Å². The monoisotopic (exact) mass is 325 g/mol. The summed E-state index contributed by atoms with van der Waals surface area (Å²) in [5.41, 5.74) is 9.61. The zero-order valence-corrected chi connectivity index (χ0v) is 14.6. The summed E-state index contributed by atoms with van der Waals surface area (Å²) in [6.07, 6.45) is 8.42. The third-order valence-corrected chi connectivity index (χ3v) is 5.71. The summed E-state index contributed by atoms with van der Waals surface area (Å²) in [5, 5.41) is 0. The molecule has 0 heterocycles. The lowest BCUT2D eigenvalue weighted by atomic mass is 9.64. The zero-order chi connectivity index (χ0) is 17.0. The van der Waals surface area contributed by atoms with Gasteiger partial charge in [0.05, 0.1) is 0 Å². The van der Waals surface area contributed by atoms with Crippen molar-refractivity contribution >= 4 is 5.69 Å². The quantitative estimate of drug-likeness (QED) is 0.661. The van der Waals surface area contributed by atoms with Gasteiger partial charge >= 0.3 is 0 Å². The van der Waals surface area contributed by atoms with Gasteiger partial charge in [0.1, 0.15) is 5.82 Å². The second-order valence-corrected chi connectivity index (χ2v) is 7.50. The van der Waals surface area contributed by atoms with Crippen LogP contribution >= 0.6 is 0 Å². The molecule has 0 atom stereocenters. The van der Waals surface area contributed by atoms with Gasteiger partial charge in [0.2, 0.25) is 0 Å². The summed E-state index contributed by atoms with van der Waals surface area (Å²) in [6.45, 7) is 2.28. The molecule has 1 aliphatic rings. The average Bonchev–Trinajstić information content (AvgIpc) is 2.58. The fourth-order valence-electron chi connectivity index (χ4n) is 4.44. The van der Waals surface area contributed by atoms with Crippen LogP contribution in [0, 0.1) is 11.2 Å². The van der Waals surface area contributed by atoms with E-state index in [1.165, 1.54) is 55.7 Å². The van der Waals surface area contributed by atoms with Crippen LogP contribution in [0.1, 0.15) is 62.5 Å². The Morgan fingerprint density at radius 1 is 1.08 bits per heavy atom. The Kier molecular flexibility index (Phi) is 5.23. The van der Waals surface area contributed by atoms with Crippen LogP contribution in [-0.2, 0) is 6.42 Å². The summed E-state index contributed by atoms with van der Waals surface area (Å²) in [6, 6.07) is 15.5. The largest absolute Gasteiger partial charge is 0.399 e. The molecule has 1 nitrogen and oxygen atoms in total. The van der Waals surface area contributed by atoms with Gasteiger partial charge in [-0.2, -0.15) is 0 Å². The van der Waals surface area contributed by atoms with E-state index in [2.05, 4.69) is 25.1 Å². The lowest BCUT2D eigenvalue weighted by molar-refractivity contribution is 0.156. The highest BCUT2D eigenvalue weighted by Crippen LogP contribution is 2.47. The van der Waals surface area contributed by atoms with Gasteiger partial charge < -0.3 is 5.73 Å². The van der Waals surface area contributed by atoms with E-state index in [1.807, 2.05) is 18.2 Å². The molecule has 0 unspecified atom stereocenters. The second kappa shape index (κ2) is 7.38. The summed E-state index contributed by atoms with van der Waals surface area (Å²) < 4.78 is 13.5. The number of hydrogen-bond donors (Lipinski definition) is 1. The molecule has 2 heteroatoms. The van der Waals surface area contributed by atoms with Crippen LogP contribution in [0.2, 0.25) is 0 Å². The Bertz CT molecular complexity index is 654. The molecule has 0 bridgehead atoms. The number of nitrogens with two attached hydrogens (primary N) is 1. The summed E-state index contributed by atoms with van der Waals surface area (Å²) in [4.78, 5) is 0. The van der Waals surface area contributed by atoms with Crippen molar-refractivity contribution in [1.29, 1.82) is 0 Å². The molecule has 1 fully saturated rings. The van der Waals surface area contributed by atoms with Crippen LogP contribution < -0.4 is 5.73 Å². The Balaban J connectivity index is 1.70. The first-order valence-corrected chi connectivity index (χ1v) is 9.20. The molecule has 2 aromatic carbocycles. The van der Waals surface area contributed by atoms with E-state index in [1.54, 1.807) is 6.07 Å². The predicted molar refractivity (Wildman–Crippen MR) is 99.5 cm³/mol. The van der Waals surface area contributed by atoms with Gasteiger partial charge in [0.25, 0.3) is 0 Å². The Morgan fingerprint density at radius 3 is 2.42 bits per heavy atom. The summed E-state index contributed by atoms with van der Waals surface area (Å²) in [5.74, 6) is 0.400. The van der Waals surface area contributed by atoms with Crippen molar-refractivity contribution in [3.05, 3.63) is 65.5 Å². The number of anilines is 1. The molecule has 2 N–H and O–H groups in total. The van der Waals surface area contributed by atoms with Gasteiger partial charge in [0.15, 0.2) is 0 Å². The van der Waals surface area contributed by atoms with E-state index >= 15 is 0 Å². The molecule has 1 saturated carbocycles. The number of benzene rings is 2. The first-order chi connectivity index (χ1) is 11.6. The van der Waals surface area contributed by atoms with Gasteiger partial charge in [-0.25, -0.2) is 4.39 Å². The molecule has 0 aromatic heterocycles. The highest BCUT2D eigenvalue weighted by molar-refractivity contribution is 5.39. The van der Waals surface area contributed by atoms with Crippen LogP contribution in [0.3, 0.4) is 0 Å². The maximum atomic E-state index is 13.5. The molecule has 0 amide bonds. The van der Waals surface area contributed by atoms with Crippen molar-refractivity contribution in [3.63, 3.8) is 0 Å². The Hall–Kier alpha value is -1.83. The van der Waals surface area contributed by atoms with Gasteiger partial charge in [-0.1, -0.05) is 37.6 Å². The molecule has 2 aromatic rings. The van der Waals surface area contributed by atoms with Gasteiger partial charge in [-0.15, -0.1) is 0 Å². The van der Waals surface area contributed by atoms with Crippen molar-refractivity contribution in [2.75, 3.05) is 5.73 Å². The first kappa shape index (κ1) is 17.0. The van der Waals surface area contributed by atoms with Crippen LogP contribution in [0.15, 0.2) is 48.5 Å². The van der Waals surface area contributed by atoms with Crippen LogP contribution in [0.25, 0.3) is 0 Å². The smallest absolute Gasteiger partial charge is 0.123 e. The molecule has 0 aliphatic heterocycles. The number of rotatable bonds is 5. The number of halogens is 1. The lowest BCUT2D eigenvalue weighted by Gasteiger charge is -2.41. The van der Waals surface area contributed by atoms with E-state index in [4.69, 9.17) is 5.73 Å². The maximum absolute atomic E-state index is 13.5. The van der Waals surface area contributed by atoms with Gasteiger partial charge in [-0.3, -0.25) is 0 Å². The summed E-state index contributed by atoms with van der Waals surface area (Å²) >= 11 is 0. The van der Waals surface area contributed by atoms with Crippen LogP contribution in [0.5, 0.6) is 0 Å². The second-order valence-electron chi connectivity index (χ2n) is 7.50. The SMILES string of the molecule is CCCC1(Cc2ccc(N)cc2)CCC(c2cccc(F)c2)CC1. The third kappa shape index (κ3) is 3.98. The van der Waals surface area contributed by atoms with Crippen molar-refractivity contribution in [3.8, 4) is 0 Å². The average molecular weight is 325 g/mol. The maximum Gasteiger partial charge on any atom is 0.123 e.